The highest BCUT2D eigenvalue weighted by Gasteiger charge is 2.30. The van der Waals surface area contributed by atoms with Crippen molar-refractivity contribution in [2.75, 3.05) is 33.3 Å². The van der Waals surface area contributed by atoms with Crippen LogP contribution in [0.4, 0.5) is 0 Å². The summed E-state index contributed by atoms with van der Waals surface area (Å²) in [6.45, 7) is 10.2. The second-order valence-corrected chi connectivity index (χ2v) is 6.47. The zero-order valence-corrected chi connectivity index (χ0v) is 16.4. The molecule has 124 valence electrons. The molecule has 0 saturated carbocycles. The molecule has 0 radical (unpaired) electrons. The van der Waals surface area contributed by atoms with Crippen molar-refractivity contribution < 1.29 is 4.74 Å². The van der Waals surface area contributed by atoms with Gasteiger partial charge in [0.25, 0.3) is 0 Å². The van der Waals surface area contributed by atoms with Crippen molar-refractivity contribution in [2.45, 2.75) is 27.2 Å². The smallest absolute Gasteiger partial charge is 0.193 e. The van der Waals surface area contributed by atoms with Crippen molar-refractivity contribution in [3.8, 4) is 5.75 Å². The van der Waals surface area contributed by atoms with Gasteiger partial charge in [0, 0.05) is 20.1 Å². The largest absolute Gasteiger partial charge is 0.492 e. The molecule has 1 aromatic carbocycles. The lowest BCUT2D eigenvalue weighted by Crippen LogP contribution is -2.42. The Hall–Kier alpha value is -0.980. The van der Waals surface area contributed by atoms with Crippen LogP contribution >= 0.6 is 24.0 Å². The van der Waals surface area contributed by atoms with Gasteiger partial charge in [-0.25, -0.2) is 0 Å². The average molecular weight is 417 g/mol. The minimum absolute atomic E-state index is 0. The number of aliphatic imine (C=N–C) groups is 1. The summed E-state index contributed by atoms with van der Waals surface area (Å²) < 4.78 is 5.72. The summed E-state index contributed by atoms with van der Waals surface area (Å²) in [5, 5.41) is 3.38. The molecule has 0 amide bonds. The number of aryl methyl sites for hydroxylation is 1. The van der Waals surface area contributed by atoms with Gasteiger partial charge >= 0.3 is 0 Å². The van der Waals surface area contributed by atoms with Gasteiger partial charge in [-0.05, 0) is 30.9 Å². The summed E-state index contributed by atoms with van der Waals surface area (Å²) in [5.41, 5.74) is 1.63. The molecule has 4 nitrogen and oxygen atoms in total. The van der Waals surface area contributed by atoms with Gasteiger partial charge in [0.15, 0.2) is 5.96 Å². The van der Waals surface area contributed by atoms with Crippen molar-refractivity contribution >= 4 is 29.9 Å². The summed E-state index contributed by atoms with van der Waals surface area (Å²) in [4.78, 5) is 6.69. The Labute approximate surface area is 151 Å². The first kappa shape index (κ1) is 19.1. The number of rotatable bonds is 4. The summed E-state index contributed by atoms with van der Waals surface area (Å²) in [6, 6.07) is 8.14. The molecule has 0 aromatic heterocycles. The number of likely N-dealkylation sites (tertiary alicyclic amines) is 1. The molecule has 1 aliphatic heterocycles. The highest BCUT2D eigenvalue weighted by molar-refractivity contribution is 14.0. The molecular weight excluding hydrogens is 389 g/mol. The van der Waals surface area contributed by atoms with E-state index >= 15 is 0 Å². The SMILES string of the molecule is CN=C(NCCOc1ccc(C)cc1)N1CCC(C)(C)C1.I. The molecule has 1 N–H and O–H groups in total. The molecule has 0 spiro atoms. The second kappa shape index (κ2) is 8.60. The van der Waals surface area contributed by atoms with Gasteiger partial charge in [0.2, 0.25) is 0 Å². The number of ether oxygens (including phenoxy) is 1. The van der Waals surface area contributed by atoms with Crippen LogP contribution in [0.3, 0.4) is 0 Å². The normalized spacial score (nSPS) is 17.1. The zero-order valence-electron chi connectivity index (χ0n) is 14.1. The van der Waals surface area contributed by atoms with E-state index in [0.29, 0.717) is 12.0 Å². The van der Waals surface area contributed by atoms with Gasteiger partial charge < -0.3 is 15.0 Å². The molecule has 22 heavy (non-hydrogen) atoms. The molecule has 1 aliphatic rings. The third kappa shape index (κ3) is 5.66. The maximum atomic E-state index is 5.72. The Kier molecular flexibility index (Phi) is 7.45. The number of nitrogens with zero attached hydrogens (tertiary/aromatic N) is 2. The van der Waals surface area contributed by atoms with Gasteiger partial charge in [-0.1, -0.05) is 31.5 Å². The average Bonchev–Trinajstić information content (AvgIpc) is 2.81. The maximum Gasteiger partial charge on any atom is 0.193 e. The van der Waals surface area contributed by atoms with Crippen molar-refractivity contribution in [3.05, 3.63) is 29.8 Å². The maximum absolute atomic E-state index is 5.72. The summed E-state index contributed by atoms with van der Waals surface area (Å²) in [6.07, 6.45) is 1.22. The molecule has 1 fully saturated rings. The van der Waals surface area contributed by atoms with E-state index in [4.69, 9.17) is 4.74 Å². The summed E-state index contributed by atoms with van der Waals surface area (Å²) in [7, 11) is 1.84. The second-order valence-electron chi connectivity index (χ2n) is 6.47. The van der Waals surface area contributed by atoms with Crippen LogP contribution in [0, 0.1) is 12.3 Å². The number of hydrogen-bond donors (Lipinski definition) is 1. The molecule has 1 aromatic rings. The van der Waals surface area contributed by atoms with E-state index in [0.717, 1.165) is 31.3 Å². The topological polar surface area (TPSA) is 36.9 Å². The number of halogens is 1. The number of benzene rings is 1. The van der Waals surface area contributed by atoms with Gasteiger partial charge in [0.05, 0.1) is 6.54 Å². The zero-order chi connectivity index (χ0) is 15.3. The first-order chi connectivity index (χ1) is 10.00. The van der Waals surface area contributed by atoms with Crippen LogP contribution in [0.25, 0.3) is 0 Å². The van der Waals surface area contributed by atoms with Crippen molar-refractivity contribution in [1.29, 1.82) is 0 Å². The first-order valence-electron chi connectivity index (χ1n) is 7.65. The molecule has 0 bridgehead atoms. The molecule has 0 unspecified atom stereocenters. The fourth-order valence-electron chi connectivity index (χ4n) is 2.59. The fraction of sp³-hybridized carbons (Fsp3) is 0.588. The summed E-state index contributed by atoms with van der Waals surface area (Å²) in [5.74, 6) is 1.90. The lowest BCUT2D eigenvalue weighted by Gasteiger charge is -2.23. The van der Waals surface area contributed by atoms with Crippen LogP contribution < -0.4 is 10.1 Å². The van der Waals surface area contributed by atoms with E-state index in [1.165, 1.54) is 12.0 Å². The lowest BCUT2D eigenvalue weighted by atomic mass is 9.93. The van der Waals surface area contributed by atoms with Gasteiger partial charge in [-0.3, -0.25) is 4.99 Å². The predicted octanol–water partition coefficient (Wildman–Crippen LogP) is 3.30. The third-order valence-electron chi connectivity index (χ3n) is 3.86. The predicted molar refractivity (Wildman–Crippen MR) is 103 cm³/mol. The number of guanidine groups is 1. The Balaban J connectivity index is 0.00000242. The molecule has 0 aliphatic carbocycles. The molecule has 1 saturated heterocycles. The van der Waals surface area contributed by atoms with Gasteiger partial charge in [0.1, 0.15) is 12.4 Å². The monoisotopic (exact) mass is 417 g/mol. The number of nitrogens with one attached hydrogen (secondary N) is 1. The Bertz CT molecular complexity index is 485. The van der Waals surface area contributed by atoms with E-state index in [2.05, 4.69) is 48.1 Å². The Morgan fingerprint density at radius 1 is 1.32 bits per heavy atom. The molecule has 2 rings (SSSR count). The third-order valence-corrected chi connectivity index (χ3v) is 3.86. The van der Waals surface area contributed by atoms with Crippen LogP contribution in [0.2, 0.25) is 0 Å². The van der Waals surface area contributed by atoms with Crippen molar-refractivity contribution in [2.24, 2.45) is 10.4 Å². The lowest BCUT2D eigenvalue weighted by molar-refractivity contribution is 0.317. The molecular formula is C17H28IN3O. The minimum Gasteiger partial charge on any atom is -0.492 e. The highest BCUT2D eigenvalue weighted by Crippen LogP contribution is 2.28. The van der Waals surface area contributed by atoms with Gasteiger partial charge in [-0.15, -0.1) is 24.0 Å². The van der Waals surface area contributed by atoms with E-state index in [9.17, 15) is 0 Å². The fourth-order valence-corrected chi connectivity index (χ4v) is 2.59. The van der Waals surface area contributed by atoms with E-state index < -0.39 is 0 Å². The highest BCUT2D eigenvalue weighted by atomic mass is 127. The standard InChI is InChI=1S/C17H27N3O.HI/c1-14-5-7-15(8-6-14)21-12-10-19-16(18-4)20-11-9-17(2,3)13-20;/h5-8H,9-13H2,1-4H3,(H,18,19);1H. The molecule has 5 heteroatoms. The molecule has 0 atom stereocenters. The Morgan fingerprint density at radius 2 is 2.00 bits per heavy atom. The summed E-state index contributed by atoms with van der Waals surface area (Å²) >= 11 is 0. The van der Waals surface area contributed by atoms with Crippen LogP contribution in [0.15, 0.2) is 29.3 Å². The number of hydrogen-bond acceptors (Lipinski definition) is 2. The van der Waals surface area contributed by atoms with Crippen LogP contribution in [0.1, 0.15) is 25.8 Å². The van der Waals surface area contributed by atoms with E-state index in [-0.39, 0.29) is 24.0 Å². The first-order valence-corrected chi connectivity index (χ1v) is 7.65. The van der Waals surface area contributed by atoms with Crippen LogP contribution in [0.5, 0.6) is 5.75 Å². The van der Waals surface area contributed by atoms with Crippen molar-refractivity contribution in [1.82, 2.24) is 10.2 Å². The van der Waals surface area contributed by atoms with Crippen molar-refractivity contribution in [3.63, 3.8) is 0 Å². The quantitative estimate of drug-likeness (QED) is 0.354. The minimum atomic E-state index is 0. The van der Waals surface area contributed by atoms with Gasteiger partial charge in [-0.2, -0.15) is 0 Å². The van der Waals surface area contributed by atoms with E-state index in [1.54, 1.807) is 0 Å². The Morgan fingerprint density at radius 3 is 2.55 bits per heavy atom. The van der Waals surface area contributed by atoms with Crippen LogP contribution in [-0.4, -0.2) is 44.1 Å². The van der Waals surface area contributed by atoms with Crippen LogP contribution in [-0.2, 0) is 0 Å². The molecule has 1 heterocycles. The van der Waals surface area contributed by atoms with E-state index in [1.807, 2.05) is 19.2 Å².